The number of nitrogens with zero attached hydrogens (tertiary/aromatic N) is 1. The van der Waals surface area contributed by atoms with E-state index >= 15 is 0 Å². The number of rotatable bonds is 5. The van der Waals surface area contributed by atoms with Gasteiger partial charge >= 0.3 is 0 Å². The van der Waals surface area contributed by atoms with E-state index in [0.717, 1.165) is 12.6 Å². The van der Waals surface area contributed by atoms with Crippen LogP contribution in [-0.4, -0.2) is 24.0 Å². The number of carbonyl (C=O) groups excluding carboxylic acids is 1. The van der Waals surface area contributed by atoms with Gasteiger partial charge in [-0.1, -0.05) is 6.92 Å². The smallest absolute Gasteiger partial charge is 0.255 e. The van der Waals surface area contributed by atoms with Gasteiger partial charge in [-0.25, -0.2) is 9.37 Å². The summed E-state index contributed by atoms with van der Waals surface area (Å²) < 4.78 is 13.0. The zero-order chi connectivity index (χ0) is 12.0. The highest BCUT2D eigenvalue weighted by Crippen LogP contribution is 2.13. The first-order chi connectivity index (χ1) is 7.69. The van der Waals surface area contributed by atoms with E-state index in [1.54, 1.807) is 0 Å². The topological polar surface area (TPSA) is 54.0 Å². The van der Waals surface area contributed by atoms with Crippen molar-refractivity contribution in [2.75, 3.05) is 18.4 Å². The number of aromatic nitrogens is 1. The maximum atomic E-state index is 13.0. The Bertz CT molecular complexity index is 368. The molecular weight excluding hydrogens is 209 g/mol. The second-order valence-corrected chi connectivity index (χ2v) is 3.34. The minimum Gasteiger partial charge on any atom is -0.369 e. The minimum atomic E-state index is -0.511. The number of anilines is 1. The fraction of sp³-hybridized carbons (Fsp3) is 0.455. The van der Waals surface area contributed by atoms with Gasteiger partial charge in [0.05, 0.1) is 11.8 Å². The van der Waals surface area contributed by atoms with E-state index in [2.05, 4.69) is 15.6 Å². The van der Waals surface area contributed by atoms with Crippen LogP contribution in [0.3, 0.4) is 0 Å². The van der Waals surface area contributed by atoms with Crippen molar-refractivity contribution < 1.29 is 9.18 Å². The van der Waals surface area contributed by atoms with Crippen molar-refractivity contribution in [3.8, 4) is 0 Å². The third-order valence-electron chi connectivity index (χ3n) is 1.98. The van der Waals surface area contributed by atoms with Gasteiger partial charge in [0.15, 0.2) is 0 Å². The highest BCUT2D eigenvalue weighted by atomic mass is 19.1. The molecule has 0 aliphatic carbocycles. The summed E-state index contributed by atoms with van der Waals surface area (Å²) in [5.74, 6) is -0.398. The molecule has 1 rings (SSSR count). The normalized spacial score (nSPS) is 9.94. The monoisotopic (exact) mass is 225 g/mol. The van der Waals surface area contributed by atoms with Crippen molar-refractivity contribution in [1.29, 1.82) is 0 Å². The molecule has 0 atom stereocenters. The Morgan fingerprint density at radius 3 is 2.88 bits per heavy atom. The molecule has 0 aliphatic heterocycles. The van der Waals surface area contributed by atoms with Crippen molar-refractivity contribution >= 4 is 11.7 Å². The van der Waals surface area contributed by atoms with Crippen LogP contribution in [0, 0.1) is 5.82 Å². The van der Waals surface area contributed by atoms with Crippen LogP contribution in [0.25, 0.3) is 0 Å². The molecule has 16 heavy (non-hydrogen) atoms. The second kappa shape index (κ2) is 6.05. The summed E-state index contributed by atoms with van der Waals surface area (Å²) >= 11 is 0. The van der Waals surface area contributed by atoms with Crippen LogP contribution in [0.15, 0.2) is 12.3 Å². The molecule has 1 aromatic rings. The lowest BCUT2D eigenvalue weighted by atomic mass is 10.2. The van der Waals surface area contributed by atoms with E-state index < -0.39 is 5.82 Å². The molecule has 0 radical (unpaired) electrons. The zero-order valence-corrected chi connectivity index (χ0v) is 9.51. The Hall–Kier alpha value is -1.65. The molecule has 0 bridgehead atoms. The summed E-state index contributed by atoms with van der Waals surface area (Å²) in [6.45, 7) is 5.01. The zero-order valence-electron chi connectivity index (χ0n) is 9.51. The van der Waals surface area contributed by atoms with E-state index in [4.69, 9.17) is 0 Å². The molecule has 0 aliphatic rings. The summed E-state index contributed by atoms with van der Waals surface area (Å²) in [5, 5.41) is 5.61. The molecule has 2 N–H and O–H groups in total. The van der Waals surface area contributed by atoms with Crippen LogP contribution in [0.1, 0.15) is 30.6 Å². The molecule has 88 valence electrons. The maximum absolute atomic E-state index is 13.0. The average molecular weight is 225 g/mol. The van der Waals surface area contributed by atoms with Crippen molar-refractivity contribution in [2.24, 2.45) is 0 Å². The van der Waals surface area contributed by atoms with E-state index in [9.17, 15) is 9.18 Å². The number of nitrogens with one attached hydrogen (secondary N) is 2. The highest BCUT2D eigenvalue weighted by molar-refractivity contribution is 5.98. The lowest BCUT2D eigenvalue weighted by Crippen LogP contribution is -2.24. The van der Waals surface area contributed by atoms with Gasteiger partial charge in [0.2, 0.25) is 0 Å². The molecule has 0 unspecified atom stereocenters. The summed E-state index contributed by atoms with van der Waals surface area (Å²) in [4.78, 5) is 15.5. The first-order valence-corrected chi connectivity index (χ1v) is 5.36. The summed E-state index contributed by atoms with van der Waals surface area (Å²) in [6, 6.07) is 1.19. The van der Waals surface area contributed by atoms with Gasteiger partial charge in [-0.05, 0) is 19.4 Å². The standard InChI is InChI=1S/C11H16FN3O/c1-3-5-14-10-9(11(16)13-4-2)6-8(12)7-15-10/h6-7H,3-5H2,1-2H3,(H,13,16)(H,14,15). The van der Waals surface area contributed by atoms with Crippen LogP contribution in [0.2, 0.25) is 0 Å². The number of hydrogen-bond acceptors (Lipinski definition) is 3. The van der Waals surface area contributed by atoms with Crippen molar-refractivity contribution in [2.45, 2.75) is 20.3 Å². The molecule has 0 aromatic carbocycles. The Labute approximate surface area is 94.3 Å². The van der Waals surface area contributed by atoms with Crippen LogP contribution >= 0.6 is 0 Å². The van der Waals surface area contributed by atoms with Crippen LogP contribution in [-0.2, 0) is 0 Å². The van der Waals surface area contributed by atoms with Crippen molar-refractivity contribution in [1.82, 2.24) is 10.3 Å². The quantitative estimate of drug-likeness (QED) is 0.803. The molecule has 0 saturated carbocycles. The van der Waals surface area contributed by atoms with E-state index in [1.165, 1.54) is 6.07 Å². The molecule has 4 nitrogen and oxygen atoms in total. The molecule has 1 heterocycles. The van der Waals surface area contributed by atoms with Crippen LogP contribution < -0.4 is 10.6 Å². The Kier molecular flexibility index (Phi) is 4.69. The second-order valence-electron chi connectivity index (χ2n) is 3.34. The number of amides is 1. The van der Waals surface area contributed by atoms with Gasteiger partial charge in [-0.2, -0.15) is 0 Å². The molecule has 1 amide bonds. The Morgan fingerprint density at radius 1 is 1.50 bits per heavy atom. The fourth-order valence-corrected chi connectivity index (χ4v) is 1.25. The lowest BCUT2D eigenvalue weighted by Gasteiger charge is -2.09. The number of halogens is 1. The lowest BCUT2D eigenvalue weighted by molar-refractivity contribution is 0.0956. The van der Waals surface area contributed by atoms with E-state index in [0.29, 0.717) is 18.9 Å². The molecular formula is C11H16FN3O. The summed E-state index contributed by atoms with van der Waals surface area (Å²) in [7, 11) is 0. The first-order valence-electron chi connectivity index (χ1n) is 5.36. The SMILES string of the molecule is CCCNc1ncc(F)cc1C(=O)NCC. The predicted octanol–water partition coefficient (Wildman–Crippen LogP) is 1.79. The molecule has 0 saturated heterocycles. The van der Waals surface area contributed by atoms with Crippen molar-refractivity contribution in [3.63, 3.8) is 0 Å². The van der Waals surface area contributed by atoms with Gasteiger partial charge in [-0.3, -0.25) is 4.79 Å². The Morgan fingerprint density at radius 2 is 2.25 bits per heavy atom. The first kappa shape index (κ1) is 12.4. The minimum absolute atomic E-state index is 0.246. The van der Waals surface area contributed by atoms with E-state index in [1.807, 2.05) is 13.8 Å². The maximum Gasteiger partial charge on any atom is 0.255 e. The largest absolute Gasteiger partial charge is 0.369 e. The van der Waals surface area contributed by atoms with E-state index in [-0.39, 0.29) is 11.5 Å². The van der Waals surface area contributed by atoms with Gasteiger partial charge < -0.3 is 10.6 Å². The summed E-state index contributed by atoms with van der Waals surface area (Å²) in [5.41, 5.74) is 0.246. The Balaban J connectivity index is 2.93. The highest BCUT2D eigenvalue weighted by Gasteiger charge is 2.12. The number of pyridine rings is 1. The number of carbonyl (C=O) groups is 1. The summed E-state index contributed by atoms with van der Waals surface area (Å²) in [6.07, 6.45) is 2.01. The number of hydrogen-bond donors (Lipinski definition) is 2. The van der Waals surface area contributed by atoms with Gasteiger partial charge in [0, 0.05) is 13.1 Å². The van der Waals surface area contributed by atoms with Gasteiger partial charge in [-0.15, -0.1) is 0 Å². The fourth-order valence-electron chi connectivity index (χ4n) is 1.25. The predicted molar refractivity (Wildman–Crippen MR) is 61.0 cm³/mol. The van der Waals surface area contributed by atoms with Crippen LogP contribution in [0.4, 0.5) is 10.2 Å². The molecule has 1 aromatic heterocycles. The molecule has 0 spiro atoms. The third-order valence-corrected chi connectivity index (χ3v) is 1.98. The van der Waals surface area contributed by atoms with Crippen molar-refractivity contribution in [3.05, 3.63) is 23.6 Å². The van der Waals surface area contributed by atoms with Gasteiger partial charge in [0.25, 0.3) is 5.91 Å². The average Bonchev–Trinajstić information content (AvgIpc) is 2.27. The third kappa shape index (κ3) is 3.18. The molecule has 0 fully saturated rings. The van der Waals surface area contributed by atoms with Crippen LogP contribution in [0.5, 0.6) is 0 Å². The molecule has 5 heteroatoms. The van der Waals surface area contributed by atoms with Gasteiger partial charge in [0.1, 0.15) is 11.6 Å².